The fourth-order valence-corrected chi connectivity index (χ4v) is 1.63. The molecule has 1 rings (SSSR count). The lowest BCUT2D eigenvalue weighted by molar-refractivity contribution is 0.102. The fraction of sp³-hybridized carbons (Fsp3) is 0.571. The predicted octanol–water partition coefficient (Wildman–Crippen LogP) is 3.13. The van der Waals surface area contributed by atoms with E-state index in [1.54, 1.807) is 6.07 Å². The van der Waals surface area contributed by atoms with E-state index in [-0.39, 0.29) is 0 Å². The lowest BCUT2D eigenvalue weighted by atomic mass is 10.3. The molecule has 1 aromatic rings. The molecule has 0 amide bonds. The highest BCUT2D eigenvalue weighted by Crippen LogP contribution is 2.16. The number of benzene rings is 1. The van der Waals surface area contributed by atoms with Crippen LogP contribution in [0.5, 0.6) is 5.75 Å². The Hall–Kier alpha value is -0.770. The molecule has 0 fully saturated rings. The SMILES string of the molecule is CCCCNCCOCCOc1cccc(Cl)c1. The minimum atomic E-state index is 0.551. The molecule has 18 heavy (non-hydrogen) atoms. The molecule has 1 N–H and O–H groups in total. The first-order valence-electron chi connectivity index (χ1n) is 6.49. The van der Waals surface area contributed by atoms with E-state index >= 15 is 0 Å². The number of unbranched alkanes of at least 4 members (excludes halogenated alkanes) is 1. The van der Waals surface area contributed by atoms with Crippen LogP contribution in [0, 0.1) is 0 Å². The first-order chi connectivity index (χ1) is 8.83. The van der Waals surface area contributed by atoms with Crippen LogP contribution in [-0.4, -0.2) is 32.9 Å². The number of hydrogen-bond acceptors (Lipinski definition) is 3. The van der Waals surface area contributed by atoms with Crippen LogP contribution in [-0.2, 0) is 4.74 Å². The molecule has 0 aromatic heterocycles. The first-order valence-corrected chi connectivity index (χ1v) is 6.87. The summed E-state index contributed by atoms with van der Waals surface area (Å²) in [5.41, 5.74) is 0. The Kier molecular flexibility index (Phi) is 8.65. The third-order valence-corrected chi connectivity index (χ3v) is 2.66. The van der Waals surface area contributed by atoms with Crippen LogP contribution in [0.25, 0.3) is 0 Å². The van der Waals surface area contributed by atoms with Crippen molar-refractivity contribution < 1.29 is 9.47 Å². The van der Waals surface area contributed by atoms with Gasteiger partial charge in [-0.15, -0.1) is 0 Å². The molecule has 0 radical (unpaired) electrons. The predicted molar refractivity (Wildman–Crippen MR) is 75.5 cm³/mol. The van der Waals surface area contributed by atoms with Crippen LogP contribution in [0.15, 0.2) is 24.3 Å². The quantitative estimate of drug-likeness (QED) is 0.663. The van der Waals surface area contributed by atoms with Gasteiger partial charge in [-0.1, -0.05) is 31.0 Å². The van der Waals surface area contributed by atoms with E-state index in [1.165, 1.54) is 12.8 Å². The summed E-state index contributed by atoms with van der Waals surface area (Å²) in [5.74, 6) is 0.784. The minimum Gasteiger partial charge on any atom is -0.491 e. The van der Waals surface area contributed by atoms with E-state index in [2.05, 4.69) is 12.2 Å². The molecule has 0 atom stereocenters. The lowest BCUT2D eigenvalue weighted by Crippen LogP contribution is -2.21. The van der Waals surface area contributed by atoms with Gasteiger partial charge in [0.2, 0.25) is 0 Å². The van der Waals surface area contributed by atoms with Crippen LogP contribution in [0.2, 0.25) is 5.02 Å². The molecule has 4 heteroatoms. The highest BCUT2D eigenvalue weighted by atomic mass is 35.5. The molecule has 0 bridgehead atoms. The summed E-state index contributed by atoms with van der Waals surface area (Å²) in [7, 11) is 0. The summed E-state index contributed by atoms with van der Waals surface area (Å²) in [4.78, 5) is 0. The van der Waals surface area contributed by atoms with Gasteiger partial charge in [-0.3, -0.25) is 0 Å². The van der Waals surface area contributed by atoms with Crippen molar-refractivity contribution in [3.8, 4) is 5.75 Å². The second-order valence-corrected chi connectivity index (χ2v) is 4.46. The van der Waals surface area contributed by atoms with Crippen molar-refractivity contribution >= 4 is 11.6 Å². The van der Waals surface area contributed by atoms with Gasteiger partial charge in [0.25, 0.3) is 0 Å². The number of halogens is 1. The Morgan fingerprint density at radius 1 is 1.17 bits per heavy atom. The summed E-state index contributed by atoms with van der Waals surface area (Å²) < 4.78 is 10.9. The van der Waals surface area contributed by atoms with Gasteiger partial charge in [-0.2, -0.15) is 0 Å². The summed E-state index contributed by atoms with van der Waals surface area (Å²) >= 11 is 5.85. The molecule has 102 valence electrons. The van der Waals surface area contributed by atoms with E-state index in [4.69, 9.17) is 21.1 Å². The number of rotatable bonds is 10. The van der Waals surface area contributed by atoms with Gasteiger partial charge in [0, 0.05) is 11.6 Å². The molecule has 0 saturated carbocycles. The molecule has 0 saturated heterocycles. The van der Waals surface area contributed by atoms with Gasteiger partial charge in [-0.05, 0) is 31.2 Å². The topological polar surface area (TPSA) is 30.5 Å². The maximum Gasteiger partial charge on any atom is 0.120 e. The Bertz CT molecular complexity index is 320. The Morgan fingerprint density at radius 3 is 2.83 bits per heavy atom. The third-order valence-electron chi connectivity index (χ3n) is 2.42. The van der Waals surface area contributed by atoms with Gasteiger partial charge in [0.05, 0.1) is 13.2 Å². The van der Waals surface area contributed by atoms with E-state index in [0.29, 0.717) is 18.2 Å². The second kappa shape index (κ2) is 10.2. The van der Waals surface area contributed by atoms with E-state index in [0.717, 1.165) is 25.4 Å². The molecule has 0 spiro atoms. The molecule has 1 aromatic carbocycles. The summed E-state index contributed by atoms with van der Waals surface area (Å²) in [6, 6.07) is 7.38. The number of nitrogens with one attached hydrogen (secondary N) is 1. The zero-order chi connectivity index (χ0) is 13.1. The summed E-state index contributed by atoms with van der Waals surface area (Å²) in [6.45, 7) is 6.03. The standard InChI is InChI=1S/C14H22ClNO2/c1-2-3-7-16-8-9-17-10-11-18-14-6-4-5-13(15)12-14/h4-6,12,16H,2-3,7-11H2,1H3. The maximum atomic E-state index is 5.85. The Balaban J connectivity index is 1.92. The van der Waals surface area contributed by atoms with Gasteiger partial charge >= 0.3 is 0 Å². The molecular weight excluding hydrogens is 250 g/mol. The van der Waals surface area contributed by atoms with Crippen LogP contribution in [0.3, 0.4) is 0 Å². The highest BCUT2D eigenvalue weighted by molar-refractivity contribution is 6.30. The average molecular weight is 272 g/mol. The van der Waals surface area contributed by atoms with Crippen molar-refractivity contribution in [1.29, 1.82) is 0 Å². The lowest BCUT2D eigenvalue weighted by Gasteiger charge is -2.08. The molecule has 3 nitrogen and oxygen atoms in total. The molecule has 0 heterocycles. The minimum absolute atomic E-state index is 0.551. The van der Waals surface area contributed by atoms with Crippen molar-refractivity contribution in [2.75, 3.05) is 32.9 Å². The zero-order valence-corrected chi connectivity index (χ0v) is 11.7. The average Bonchev–Trinajstić information content (AvgIpc) is 2.37. The van der Waals surface area contributed by atoms with Crippen LogP contribution in [0.1, 0.15) is 19.8 Å². The van der Waals surface area contributed by atoms with Gasteiger partial charge in [0.1, 0.15) is 12.4 Å². The smallest absolute Gasteiger partial charge is 0.120 e. The summed E-state index contributed by atoms with van der Waals surface area (Å²) in [6.07, 6.45) is 2.44. The van der Waals surface area contributed by atoms with E-state index < -0.39 is 0 Å². The van der Waals surface area contributed by atoms with Crippen molar-refractivity contribution in [1.82, 2.24) is 5.32 Å². The molecule has 0 unspecified atom stereocenters. The van der Waals surface area contributed by atoms with E-state index in [9.17, 15) is 0 Å². The normalized spacial score (nSPS) is 10.6. The molecular formula is C14H22ClNO2. The molecule has 0 aliphatic rings. The molecule has 0 aliphatic heterocycles. The largest absolute Gasteiger partial charge is 0.491 e. The van der Waals surface area contributed by atoms with Crippen molar-refractivity contribution in [2.24, 2.45) is 0 Å². The third kappa shape index (κ3) is 7.54. The van der Waals surface area contributed by atoms with Crippen molar-refractivity contribution in [2.45, 2.75) is 19.8 Å². The van der Waals surface area contributed by atoms with Crippen LogP contribution >= 0.6 is 11.6 Å². The van der Waals surface area contributed by atoms with Gasteiger partial charge < -0.3 is 14.8 Å². The summed E-state index contributed by atoms with van der Waals surface area (Å²) in [5, 5.41) is 4.01. The van der Waals surface area contributed by atoms with Crippen molar-refractivity contribution in [3.05, 3.63) is 29.3 Å². The maximum absolute atomic E-state index is 5.85. The molecule has 0 aliphatic carbocycles. The van der Waals surface area contributed by atoms with Crippen LogP contribution < -0.4 is 10.1 Å². The second-order valence-electron chi connectivity index (χ2n) is 4.02. The monoisotopic (exact) mass is 271 g/mol. The zero-order valence-electron chi connectivity index (χ0n) is 11.0. The number of ether oxygens (including phenoxy) is 2. The van der Waals surface area contributed by atoms with E-state index in [1.807, 2.05) is 18.2 Å². The fourth-order valence-electron chi connectivity index (χ4n) is 1.45. The Labute approximate surface area is 114 Å². The highest BCUT2D eigenvalue weighted by Gasteiger charge is 1.95. The van der Waals surface area contributed by atoms with Crippen LogP contribution in [0.4, 0.5) is 0 Å². The van der Waals surface area contributed by atoms with Gasteiger partial charge in [0.15, 0.2) is 0 Å². The van der Waals surface area contributed by atoms with Crippen molar-refractivity contribution in [3.63, 3.8) is 0 Å². The first kappa shape index (κ1) is 15.3. The number of hydrogen-bond donors (Lipinski definition) is 1. The Morgan fingerprint density at radius 2 is 2.06 bits per heavy atom. The van der Waals surface area contributed by atoms with Gasteiger partial charge in [-0.25, -0.2) is 0 Å².